The van der Waals surface area contributed by atoms with Crippen molar-refractivity contribution in [1.29, 1.82) is 0 Å². The minimum absolute atomic E-state index is 0.0527. The van der Waals surface area contributed by atoms with Crippen molar-refractivity contribution in [3.63, 3.8) is 0 Å². The molecule has 0 unspecified atom stereocenters. The largest absolute Gasteiger partial charge is 0.507 e. The van der Waals surface area contributed by atoms with E-state index in [-0.39, 0.29) is 12.4 Å². The molecule has 0 bridgehead atoms. The number of aliphatic hydroxyl groups excluding tert-OH is 1. The molecule has 2 aromatic carbocycles. The Morgan fingerprint density at radius 2 is 1.88 bits per heavy atom. The van der Waals surface area contributed by atoms with E-state index >= 15 is 0 Å². The molecule has 0 aliphatic carbocycles. The highest BCUT2D eigenvalue weighted by Crippen LogP contribution is 2.31. The van der Waals surface area contributed by atoms with Crippen molar-refractivity contribution in [2.45, 2.75) is 13.8 Å². The molecule has 0 spiro atoms. The van der Waals surface area contributed by atoms with Crippen molar-refractivity contribution in [3.8, 4) is 17.1 Å². The maximum absolute atomic E-state index is 10.1. The van der Waals surface area contributed by atoms with E-state index < -0.39 is 0 Å². The molecule has 0 aliphatic rings. The van der Waals surface area contributed by atoms with Gasteiger partial charge in [0, 0.05) is 18.5 Å². The summed E-state index contributed by atoms with van der Waals surface area (Å²) in [4.78, 5) is 11.4. The van der Waals surface area contributed by atoms with Gasteiger partial charge in [0.1, 0.15) is 11.6 Å². The highest BCUT2D eigenvalue weighted by molar-refractivity contribution is 5.91. The fraction of sp³-hybridized carbons (Fsp3) is 0.263. The first-order chi connectivity index (χ1) is 11.6. The Balaban J connectivity index is 2.26. The summed E-state index contributed by atoms with van der Waals surface area (Å²) in [7, 11) is 0. The van der Waals surface area contributed by atoms with Crippen LogP contribution in [0, 0.1) is 6.92 Å². The maximum atomic E-state index is 10.1. The van der Waals surface area contributed by atoms with Gasteiger partial charge in [-0.25, -0.2) is 9.97 Å². The number of phenols is 1. The zero-order chi connectivity index (χ0) is 17.1. The van der Waals surface area contributed by atoms with Crippen molar-refractivity contribution in [2.75, 3.05) is 24.6 Å². The second kappa shape index (κ2) is 6.84. The van der Waals surface area contributed by atoms with E-state index in [1.54, 1.807) is 18.2 Å². The molecule has 0 aliphatic heterocycles. The van der Waals surface area contributed by atoms with Crippen LogP contribution < -0.4 is 4.90 Å². The van der Waals surface area contributed by atoms with Crippen LogP contribution in [0.15, 0.2) is 42.5 Å². The number of phenolic OH excluding ortho intramolecular Hbond substituents is 1. The van der Waals surface area contributed by atoms with Gasteiger partial charge >= 0.3 is 0 Å². The fourth-order valence-corrected chi connectivity index (χ4v) is 2.78. The lowest BCUT2D eigenvalue weighted by atomic mass is 10.1. The molecule has 5 nitrogen and oxygen atoms in total. The van der Waals surface area contributed by atoms with Crippen molar-refractivity contribution >= 4 is 16.7 Å². The minimum atomic E-state index is 0.0527. The number of aliphatic hydroxyl groups is 1. The van der Waals surface area contributed by atoms with Crippen LogP contribution in [0.1, 0.15) is 12.5 Å². The van der Waals surface area contributed by atoms with E-state index in [4.69, 9.17) is 4.98 Å². The molecule has 24 heavy (non-hydrogen) atoms. The lowest BCUT2D eigenvalue weighted by Crippen LogP contribution is -2.27. The van der Waals surface area contributed by atoms with Gasteiger partial charge in [0.15, 0.2) is 5.82 Å². The third-order valence-electron chi connectivity index (χ3n) is 4.03. The van der Waals surface area contributed by atoms with Gasteiger partial charge < -0.3 is 15.1 Å². The van der Waals surface area contributed by atoms with Crippen molar-refractivity contribution in [2.24, 2.45) is 0 Å². The highest BCUT2D eigenvalue weighted by atomic mass is 16.3. The van der Waals surface area contributed by atoms with Gasteiger partial charge in [0.2, 0.25) is 0 Å². The van der Waals surface area contributed by atoms with Gasteiger partial charge in [-0.2, -0.15) is 0 Å². The van der Waals surface area contributed by atoms with Crippen LogP contribution in [0.4, 0.5) is 5.82 Å². The van der Waals surface area contributed by atoms with Gasteiger partial charge in [-0.1, -0.05) is 18.2 Å². The summed E-state index contributed by atoms with van der Waals surface area (Å²) in [5.74, 6) is 1.41. The summed E-state index contributed by atoms with van der Waals surface area (Å²) >= 11 is 0. The van der Waals surface area contributed by atoms with Gasteiger partial charge in [0.25, 0.3) is 0 Å². The Hall–Kier alpha value is -2.66. The molecule has 0 saturated carbocycles. The normalized spacial score (nSPS) is 11.0. The van der Waals surface area contributed by atoms with Crippen LogP contribution in [-0.2, 0) is 0 Å². The summed E-state index contributed by atoms with van der Waals surface area (Å²) in [5, 5.41) is 20.4. The maximum Gasteiger partial charge on any atom is 0.165 e. The molecule has 0 radical (unpaired) electrons. The van der Waals surface area contributed by atoms with E-state index in [1.807, 2.05) is 43.0 Å². The number of aromatic nitrogens is 2. The lowest BCUT2D eigenvalue weighted by molar-refractivity contribution is 0.302. The average molecular weight is 323 g/mol. The number of benzene rings is 2. The summed E-state index contributed by atoms with van der Waals surface area (Å²) in [6.45, 7) is 5.32. The van der Waals surface area contributed by atoms with Crippen LogP contribution in [-0.4, -0.2) is 39.9 Å². The molecule has 0 fully saturated rings. The summed E-state index contributed by atoms with van der Waals surface area (Å²) in [6.07, 6.45) is 0. The number of para-hydroxylation sites is 1. The second-order valence-electron chi connectivity index (χ2n) is 5.71. The summed E-state index contributed by atoms with van der Waals surface area (Å²) in [5.41, 5.74) is 2.54. The Morgan fingerprint density at radius 3 is 2.58 bits per heavy atom. The van der Waals surface area contributed by atoms with E-state index in [1.165, 1.54) is 0 Å². The van der Waals surface area contributed by atoms with E-state index in [0.29, 0.717) is 17.9 Å². The molecule has 1 aromatic heterocycles. The molecule has 124 valence electrons. The van der Waals surface area contributed by atoms with E-state index in [2.05, 4.69) is 4.98 Å². The first-order valence-electron chi connectivity index (χ1n) is 8.06. The van der Waals surface area contributed by atoms with Gasteiger partial charge in [-0.3, -0.25) is 0 Å². The molecule has 2 N–H and O–H groups in total. The Kier molecular flexibility index (Phi) is 4.62. The molecule has 3 rings (SSSR count). The molecule has 5 heteroatoms. The Morgan fingerprint density at radius 1 is 1.08 bits per heavy atom. The molecule has 0 saturated heterocycles. The Bertz CT molecular complexity index is 864. The lowest BCUT2D eigenvalue weighted by Gasteiger charge is -2.23. The number of anilines is 1. The summed E-state index contributed by atoms with van der Waals surface area (Å²) in [6, 6.07) is 13.1. The number of hydrogen-bond donors (Lipinski definition) is 2. The second-order valence-corrected chi connectivity index (χ2v) is 5.71. The first kappa shape index (κ1) is 16.2. The predicted octanol–water partition coefficient (Wildman–Crippen LogP) is 3.13. The Labute approximate surface area is 141 Å². The fourth-order valence-electron chi connectivity index (χ4n) is 2.78. The highest BCUT2D eigenvalue weighted by Gasteiger charge is 2.16. The predicted molar refractivity (Wildman–Crippen MR) is 96.3 cm³/mol. The monoisotopic (exact) mass is 323 g/mol. The number of fused-ring (bicyclic) bond motifs is 1. The van der Waals surface area contributed by atoms with E-state index in [0.717, 1.165) is 28.8 Å². The topological polar surface area (TPSA) is 69.5 Å². The number of hydrogen-bond acceptors (Lipinski definition) is 5. The first-order valence-corrected chi connectivity index (χ1v) is 8.06. The number of aryl methyl sites for hydroxylation is 1. The van der Waals surface area contributed by atoms with Crippen molar-refractivity contribution in [1.82, 2.24) is 9.97 Å². The van der Waals surface area contributed by atoms with Crippen molar-refractivity contribution < 1.29 is 10.2 Å². The molecular weight excluding hydrogens is 302 g/mol. The number of aromatic hydroxyl groups is 1. The third kappa shape index (κ3) is 3.03. The molecule has 0 atom stereocenters. The number of likely N-dealkylation sites (N-methyl/N-ethyl adjacent to an activating group) is 1. The zero-order valence-electron chi connectivity index (χ0n) is 13.9. The van der Waals surface area contributed by atoms with Crippen LogP contribution >= 0.6 is 0 Å². The summed E-state index contributed by atoms with van der Waals surface area (Å²) < 4.78 is 0. The van der Waals surface area contributed by atoms with Gasteiger partial charge in [-0.05, 0) is 43.7 Å². The number of nitrogens with zero attached hydrogens (tertiary/aromatic N) is 3. The van der Waals surface area contributed by atoms with E-state index in [9.17, 15) is 10.2 Å². The average Bonchev–Trinajstić information content (AvgIpc) is 2.59. The minimum Gasteiger partial charge on any atom is -0.507 e. The SMILES string of the molecule is CCN(CCO)c1nc(-c2ccccc2O)nc2cc(C)ccc12. The number of rotatable bonds is 5. The van der Waals surface area contributed by atoms with Crippen LogP contribution in [0.3, 0.4) is 0 Å². The third-order valence-corrected chi connectivity index (χ3v) is 4.03. The molecular formula is C19H21N3O2. The standard InChI is InChI=1S/C19H21N3O2/c1-3-22(10-11-23)19-14-9-8-13(2)12-16(14)20-18(21-19)15-6-4-5-7-17(15)24/h4-9,12,23-24H,3,10-11H2,1-2H3. The molecule has 0 amide bonds. The quantitative estimate of drug-likeness (QED) is 0.755. The molecule has 1 heterocycles. The van der Waals surface area contributed by atoms with Crippen LogP contribution in [0.2, 0.25) is 0 Å². The molecule has 3 aromatic rings. The van der Waals surface area contributed by atoms with Gasteiger partial charge in [-0.15, -0.1) is 0 Å². The van der Waals surface area contributed by atoms with Crippen LogP contribution in [0.5, 0.6) is 5.75 Å². The van der Waals surface area contributed by atoms with Crippen molar-refractivity contribution in [3.05, 3.63) is 48.0 Å². The smallest absolute Gasteiger partial charge is 0.165 e. The van der Waals surface area contributed by atoms with Crippen LogP contribution in [0.25, 0.3) is 22.3 Å². The zero-order valence-corrected chi connectivity index (χ0v) is 13.9. The van der Waals surface area contributed by atoms with Gasteiger partial charge in [0.05, 0.1) is 17.7 Å².